The van der Waals surface area contributed by atoms with Gasteiger partial charge >= 0.3 is 5.97 Å². The summed E-state index contributed by atoms with van der Waals surface area (Å²) in [6.07, 6.45) is 64.2. The quantitative estimate of drug-likeness (QED) is 0.0195. The minimum atomic E-state index is -1.63. The maximum atomic E-state index is 13.4. The van der Waals surface area contributed by atoms with Gasteiger partial charge in [0.05, 0.1) is 25.4 Å². The normalized spacial score (nSPS) is 19.6. The first-order valence-electron chi connectivity index (χ1n) is 31.7. The Bertz CT molecular complexity index is 1700. The monoisotopic (exact) mass is 1110 g/mol. The zero-order valence-corrected chi connectivity index (χ0v) is 50.0. The number of aliphatic hydroxyl groups excluding tert-OH is 5. The predicted molar refractivity (Wildman–Crippen MR) is 328 cm³/mol. The van der Waals surface area contributed by atoms with Crippen LogP contribution in [0.25, 0.3) is 0 Å². The minimum absolute atomic E-state index is 0.0988. The van der Waals surface area contributed by atoms with Crippen molar-refractivity contribution in [1.29, 1.82) is 0 Å². The van der Waals surface area contributed by atoms with E-state index in [4.69, 9.17) is 14.2 Å². The molecule has 0 aromatic rings. The van der Waals surface area contributed by atoms with E-state index in [0.717, 1.165) is 116 Å². The molecule has 8 atom stereocenters. The van der Waals surface area contributed by atoms with E-state index in [9.17, 15) is 35.1 Å². The Morgan fingerprint density at radius 1 is 0.494 bits per heavy atom. The van der Waals surface area contributed by atoms with Gasteiger partial charge in [-0.05, 0) is 109 Å². The van der Waals surface area contributed by atoms with Crippen LogP contribution in [0.4, 0.5) is 0 Å². The third-order valence-electron chi connectivity index (χ3n) is 14.2. The van der Waals surface area contributed by atoms with E-state index < -0.39 is 67.4 Å². The Morgan fingerprint density at radius 3 is 1.33 bits per heavy atom. The van der Waals surface area contributed by atoms with E-state index >= 15 is 0 Å². The first-order chi connectivity index (χ1) is 38.7. The van der Waals surface area contributed by atoms with Crippen molar-refractivity contribution < 1.29 is 49.3 Å². The standard InChI is InChI=1S/C68H115NO10/c1-4-7-10-13-16-19-22-24-26-28-29-30-31-32-33-34-36-38-41-44-47-50-53-56-63(73)79-66-65(75)64(74)62(57-70)78-68(66)77-58-59(60(71)54-51-48-45-42-39-21-18-15-12-9-6-3)69-67(76)61(72)55-52-49-46-43-40-37-35-27-25-23-20-17-14-11-8-5-2/h16-17,19-20,24-27,29-30,32-33,37,40,46,49,51,54,59-62,64-66,68,70-72,74-75H,4-15,18,21-23,28,31,34-36,38-39,41-45,47-48,50,52-53,55-58H2,1-3H3,(H,69,76)/b19-16-,20-17-,26-24-,27-25-,30-29-,33-32-,40-37-,49-46-,54-51+. The predicted octanol–water partition coefficient (Wildman–Crippen LogP) is 15.3. The molecule has 11 heteroatoms. The van der Waals surface area contributed by atoms with Crippen molar-refractivity contribution >= 4 is 11.9 Å². The second-order valence-corrected chi connectivity index (χ2v) is 21.4. The molecule has 1 heterocycles. The van der Waals surface area contributed by atoms with Gasteiger partial charge in [0.2, 0.25) is 5.91 Å². The lowest BCUT2D eigenvalue weighted by molar-refractivity contribution is -0.305. The van der Waals surface area contributed by atoms with Gasteiger partial charge in [0.25, 0.3) is 0 Å². The summed E-state index contributed by atoms with van der Waals surface area (Å²) in [7, 11) is 0. The smallest absolute Gasteiger partial charge is 0.306 e. The van der Waals surface area contributed by atoms with Gasteiger partial charge in [0.15, 0.2) is 12.4 Å². The summed E-state index contributed by atoms with van der Waals surface area (Å²) in [4.78, 5) is 26.5. The number of ether oxygens (including phenoxy) is 3. The maximum Gasteiger partial charge on any atom is 0.306 e. The third kappa shape index (κ3) is 42.8. The highest BCUT2D eigenvalue weighted by Gasteiger charge is 2.47. The molecule has 0 aromatic heterocycles. The average molecular weight is 1110 g/mol. The fourth-order valence-electron chi connectivity index (χ4n) is 9.09. The zero-order chi connectivity index (χ0) is 57.5. The molecule has 1 saturated heterocycles. The molecule has 0 aromatic carbocycles. The molecule has 79 heavy (non-hydrogen) atoms. The third-order valence-corrected chi connectivity index (χ3v) is 14.2. The van der Waals surface area contributed by atoms with Crippen LogP contribution < -0.4 is 5.32 Å². The van der Waals surface area contributed by atoms with Crippen LogP contribution in [0.1, 0.15) is 245 Å². The highest BCUT2D eigenvalue weighted by atomic mass is 16.7. The lowest BCUT2D eigenvalue weighted by Crippen LogP contribution is -2.61. The van der Waals surface area contributed by atoms with E-state index in [1.54, 1.807) is 6.08 Å². The molecular weight excluding hydrogens is 991 g/mol. The van der Waals surface area contributed by atoms with E-state index in [-0.39, 0.29) is 19.4 Å². The Balaban J connectivity index is 2.68. The van der Waals surface area contributed by atoms with Gasteiger partial charge in [-0.25, -0.2) is 0 Å². The topological polar surface area (TPSA) is 175 Å². The molecule has 8 unspecified atom stereocenters. The number of nitrogens with one attached hydrogen (secondary N) is 1. The Hall–Kier alpha value is -3.68. The van der Waals surface area contributed by atoms with Crippen molar-refractivity contribution in [2.24, 2.45) is 0 Å². The molecule has 0 bridgehead atoms. The lowest BCUT2D eigenvalue weighted by Gasteiger charge is -2.41. The molecule has 0 spiro atoms. The van der Waals surface area contributed by atoms with Crippen molar-refractivity contribution in [3.63, 3.8) is 0 Å². The van der Waals surface area contributed by atoms with Crippen LogP contribution in [0.15, 0.2) is 109 Å². The van der Waals surface area contributed by atoms with Gasteiger partial charge < -0.3 is 45.1 Å². The molecular formula is C68H115NO10. The summed E-state index contributed by atoms with van der Waals surface area (Å²) >= 11 is 0. The Morgan fingerprint density at radius 2 is 0.873 bits per heavy atom. The Kier molecular flexibility index (Phi) is 50.9. The number of carbonyl (C=O) groups is 2. The highest BCUT2D eigenvalue weighted by molar-refractivity contribution is 5.80. The zero-order valence-electron chi connectivity index (χ0n) is 50.0. The van der Waals surface area contributed by atoms with E-state index in [1.165, 1.54) is 83.5 Å². The van der Waals surface area contributed by atoms with Crippen LogP contribution >= 0.6 is 0 Å². The van der Waals surface area contributed by atoms with Crippen molar-refractivity contribution in [3.8, 4) is 0 Å². The number of esters is 1. The molecule has 1 aliphatic rings. The van der Waals surface area contributed by atoms with Gasteiger partial charge in [0.1, 0.15) is 24.4 Å². The van der Waals surface area contributed by atoms with E-state index in [0.29, 0.717) is 12.8 Å². The number of aliphatic hydroxyl groups is 5. The average Bonchev–Trinajstić information content (AvgIpc) is 3.47. The van der Waals surface area contributed by atoms with Crippen LogP contribution in [-0.4, -0.2) is 99.6 Å². The van der Waals surface area contributed by atoms with Crippen LogP contribution in [0.5, 0.6) is 0 Å². The van der Waals surface area contributed by atoms with E-state index in [1.807, 2.05) is 18.2 Å². The number of hydrogen-bond acceptors (Lipinski definition) is 10. The van der Waals surface area contributed by atoms with Gasteiger partial charge in [-0.2, -0.15) is 0 Å². The van der Waals surface area contributed by atoms with Gasteiger partial charge in [-0.1, -0.05) is 239 Å². The number of unbranched alkanes of at least 4 members (excludes halogenated alkanes) is 22. The molecule has 1 amide bonds. The molecule has 0 saturated carbocycles. The summed E-state index contributed by atoms with van der Waals surface area (Å²) < 4.78 is 17.6. The maximum absolute atomic E-state index is 13.4. The van der Waals surface area contributed by atoms with Gasteiger partial charge in [-0.15, -0.1) is 0 Å². The molecule has 452 valence electrons. The molecule has 6 N–H and O–H groups in total. The molecule has 1 fully saturated rings. The van der Waals surface area contributed by atoms with Crippen LogP contribution in [0.2, 0.25) is 0 Å². The largest absolute Gasteiger partial charge is 0.454 e. The first-order valence-corrected chi connectivity index (χ1v) is 31.7. The number of hydrogen-bond donors (Lipinski definition) is 6. The molecule has 0 radical (unpaired) electrons. The number of amides is 1. The summed E-state index contributed by atoms with van der Waals surface area (Å²) in [6.45, 7) is 5.67. The van der Waals surface area contributed by atoms with Crippen LogP contribution in [-0.2, 0) is 23.8 Å². The van der Waals surface area contributed by atoms with Crippen LogP contribution in [0, 0.1) is 0 Å². The fraction of sp³-hybridized carbons (Fsp3) is 0.706. The second-order valence-electron chi connectivity index (χ2n) is 21.4. The summed E-state index contributed by atoms with van der Waals surface area (Å²) in [5, 5.41) is 56.9. The van der Waals surface area contributed by atoms with Crippen molar-refractivity contribution in [1.82, 2.24) is 5.32 Å². The van der Waals surface area contributed by atoms with Crippen LogP contribution in [0.3, 0.4) is 0 Å². The lowest BCUT2D eigenvalue weighted by atomic mass is 9.99. The molecule has 11 nitrogen and oxygen atoms in total. The summed E-state index contributed by atoms with van der Waals surface area (Å²) in [6, 6.07) is -1.06. The van der Waals surface area contributed by atoms with Gasteiger partial charge in [-0.3, -0.25) is 9.59 Å². The summed E-state index contributed by atoms with van der Waals surface area (Å²) in [5.74, 6) is -1.27. The number of rotatable bonds is 52. The fourth-order valence-corrected chi connectivity index (χ4v) is 9.09. The van der Waals surface area contributed by atoms with Crippen molar-refractivity contribution in [3.05, 3.63) is 109 Å². The molecule has 0 aliphatic carbocycles. The SMILES string of the molecule is CCCCC/C=C\C/C=C\C/C=C\C/C=C\CCCCCCCCCC(=O)OC1C(OCC(NC(=O)C(O)CC/C=C\C/C=C\C/C=C\C/C=C\CCCCC)C(O)/C=C/CCCCCCCCCCC)OC(CO)C(O)C1O. The van der Waals surface area contributed by atoms with Crippen molar-refractivity contribution in [2.45, 2.75) is 294 Å². The van der Waals surface area contributed by atoms with Gasteiger partial charge in [0, 0.05) is 6.42 Å². The summed E-state index contributed by atoms with van der Waals surface area (Å²) in [5.41, 5.74) is 0. The first kappa shape index (κ1) is 73.3. The number of carbonyl (C=O) groups excluding carboxylic acids is 2. The second kappa shape index (κ2) is 54.9. The van der Waals surface area contributed by atoms with Crippen molar-refractivity contribution in [2.75, 3.05) is 13.2 Å². The molecule has 1 aliphatic heterocycles. The minimum Gasteiger partial charge on any atom is -0.454 e. The Labute approximate surface area is 481 Å². The number of allylic oxidation sites excluding steroid dienone is 17. The highest BCUT2D eigenvalue weighted by Crippen LogP contribution is 2.26. The van der Waals surface area contributed by atoms with E-state index in [2.05, 4.69) is 111 Å². The molecule has 1 rings (SSSR count).